The quantitative estimate of drug-likeness (QED) is 0.424. The largest absolute Gasteiger partial charge is 0.457 e. The van der Waals surface area contributed by atoms with Crippen LogP contribution >= 0.6 is 8.58 Å². The Balaban J connectivity index is 2.15. The summed E-state index contributed by atoms with van der Waals surface area (Å²) in [5.74, 6) is 0.0345. The fourth-order valence-electron chi connectivity index (χ4n) is 3.65. The summed E-state index contributed by atoms with van der Waals surface area (Å²) < 4.78 is 5.87. The molecule has 0 saturated heterocycles. The van der Waals surface area contributed by atoms with Gasteiger partial charge in [-0.05, 0) is 60.9 Å². The van der Waals surface area contributed by atoms with Crippen molar-refractivity contribution in [1.82, 2.24) is 0 Å². The maximum absolute atomic E-state index is 12.4. The Bertz CT molecular complexity index is 662. The second kappa shape index (κ2) is 11.1. The summed E-state index contributed by atoms with van der Waals surface area (Å²) in [5, 5.41) is 9.50. The predicted octanol–water partition coefficient (Wildman–Crippen LogP) is 5.25. The molecular formula is C24H37O3P. The number of hydrogen-bond donors (Lipinski definition) is 1. The molecule has 0 radical (unpaired) electrons. The fourth-order valence-corrected chi connectivity index (χ4v) is 5.33. The van der Waals surface area contributed by atoms with E-state index >= 15 is 0 Å². The average molecular weight is 405 g/mol. The Morgan fingerprint density at radius 3 is 2.89 bits per heavy atom. The number of carbonyl (C=O) groups is 1. The van der Waals surface area contributed by atoms with Crippen LogP contribution in [-0.2, 0) is 21.4 Å². The van der Waals surface area contributed by atoms with Crippen molar-refractivity contribution < 1.29 is 14.6 Å². The van der Waals surface area contributed by atoms with Crippen LogP contribution in [0.4, 0.5) is 0 Å². The highest BCUT2D eigenvalue weighted by Gasteiger charge is 2.22. The number of aliphatic hydroxyl groups excluding tert-OH is 1. The van der Waals surface area contributed by atoms with Crippen molar-refractivity contribution in [3.8, 4) is 0 Å². The van der Waals surface area contributed by atoms with E-state index < -0.39 is 0 Å². The monoisotopic (exact) mass is 404 g/mol. The van der Waals surface area contributed by atoms with Crippen LogP contribution in [0.15, 0.2) is 35.9 Å². The zero-order valence-corrected chi connectivity index (χ0v) is 19.0. The van der Waals surface area contributed by atoms with Gasteiger partial charge < -0.3 is 9.84 Å². The molecule has 0 spiro atoms. The Kier molecular flexibility index (Phi) is 9.18. The van der Waals surface area contributed by atoms with Gasteiger partial charge >= 0.3 is 5.97 Å². The van der Waals surface area contributed by atoms with Gasteiger partial charge in [0.2, 0.25) is 0 Å². The minimum atomic E-state index is -0.157. The van der Waals surface area contributed by atoms with Gasteiger partial charge in [-0.1, -0.05) is 51.1 Å². The van der Waals surface area contributed by atoms with Gasteiger partial charge in [-0.15, -0.1) is 8.58 Å². The van der Waals surface area contributed by atoms with E-state index in [1.54, 1.807) is 0 Å². The lowest BCUT2D eigenvalue weighted by Gasteiger charge is -2.27. The molecule has 3 atom stereocenters. The van der Waals surface area contributed by atoms with E-state index in [0.29, 0.717) is 6.42 Å². The number of cyclic esters (lactones) is 1. The van der Waals surface area contributed by atoms with E-state index in [0.717, 1.165) is 52.2 Å². The van der Waals surface area contributed by atoms with Gasteiger partial charge in [0.05, 0.1) is 0 Å². The highest BCUT2D eigenvalue weighted by Crippen LogP contribution is 2.32. The highest BCUT2D eigenvalue weighted by molar-refractivity contribution is 7.38. The number of aryl methyl sites for hydroxylation is 1. The van der Waals surface area contributed by atoms with Gasteiger partial charge in [0, 0.05) is 25.1 Å². The van der Waals surface area contributed by atoms with Gasteiger partial charge in [-0.3, -0.25) is 4.79 Å². The van der Waals surface area contributed by atoms with Crippen LogP contribution in [0.5, 0.6) is 0 Å². The molecule has 0 aliphatic carbocycles. The van der Waals surface area contributed by atoms with Crippen molar-refractivity contribution in [2.75, 3.05) is 18.9 Å². The molecule has 0 aromatic heterocycles. The molecule has 1 heterocycles. The Morgan fingerprint density at radius 2 is 2.18 bits per heavy atom. The number of carbonyl (C=O) groups excluding carboxylic acids is 1. The molecule has 2 bridgehead atoms. The Hall–Kier alpha value is -1.18. The molecule has 1 unspecified atom stereocenters. The summed E-state index contributed by atoms with van der Waals surface area (Å²) in [5.41, 5.74) is 3.95. The normalized spacial score (nSPS) is 23.7. The molecule has 156 valence electrons. The van der Waals surface area contributed by atoms with Crippen LogP contribution in [-0.4, -0.2) is 36.1 Å². The number of fused-ring (bicyclic) bond motifs is 2. The Morgan fingerprint density at radius 1 is 1.39 bits per heavy atom. The molecule has 1 aromatic rings. The van der Waals surface area contributed by atoms with E-state index in [4.69, 9.17) is 4.74 Å². The summed E-state index contributed by atoms with van der Waals surface area (Å²) in [6, 6.07) is 8.86. The lowest BCUT2D eigenvalue weighted by Crippen LogP contribution is -2.24. The lowest BCUT2D eigenvalue weighted by molar-refractivity contribution is -0.146. The minimum absolute atomic E-state index is 0.104. The molecule has 1 aliphatic rings. The van der Waals surface area contributed by atoms with Crippen LogP contribution in [0.25, 0.3) is 0 Å². The van der Waals surface area contributed by atoms with E-state index in [1.165, 1.54) is 11.1 Å². The minimum Gasteiger partial charge on any atom is -0.457 e. The van der Waals surface area contributed by atoms with Crippen molar-refractivity contribution >= 4 is 14.6 Å². The van der Waals surface area contributed by atoms with Crippen LogP contribution in [0.1, 0.15) is 64.5 Å². The summed E-state index contributed by atoms with van der Waals surface area (Å²) >= 11 is 0. The first-order valence-corrected chi connectivity index (χ1v) is 12.1. The number of esters is 1. The van der Waals surface area contributed by atoms with E-state index in [1.807, 2.05) is 6.92 Å². The lowest BCUT2D eigenvalue weighted by atomic mass is 9.81. The van der Waals surface area contributed by atoms with Crippen molar-refractivity contribution in [2.24, 2.45) is 5.92 Å². The smallest absolute Gasteiger partial charge is 0.306 e. The number of aliphatic hydroxyl groups is 1. The number of hydrogen-bond acceptors (Lipinski definition) is 3. The standard InChI is InChI=1S/C24H37O3P/c1-5-19(16-25)14-18(2)22-17-28-13-12-24(3,4)21-10-6-8-20(15-21)9-7-11-23(26)27-22/h6,8,10,14-15,19,22,25,28H,5,7,9,11-13,16-17H2,1-4H3/b18-14-/t19-,22+/m1/s1. The number of benzene rings is 1. The first kappa shape index (κ1) is 23.1. The summed E-state index contributed by atoms with van der Waals surface area (Å²) in [4.78, 5) is 12.4. The maximum atomic E-state index is 12.4. The van der Waals surface area contributed by atoms with Crippen LogP contribution in [0.2, 0.25) is 0 Å². The molecule has 4 heteroatoms. The topological polar surface area (TPSA) is 46.5 Å². The molecule has 28 heavy (non-hydrogen) atoms. The zero-order valence-electron chi connectivity index (χ0n) is 18.0. The van der Waals surface area contributed by atoms with Crippen molar-refractivity contribution in [3.05, 3.63) is 47.0 Å². The highest BCUT2D eigenvalue weighted by atomic mass is 31.1. The van der Waals surface area contributed by atoms with Gasteiger partial charge in [0.25, 0.3) is 0 Å². The molecule has 1 aromatic carbocycles. The van der Waals surface area contributed by atoms with Gasteiger partial charge in [-0.25, -0.2) is 0 Å². The fraction of sp³-hybridized carbons (Fsp3) is 0.625. The predicted molar refractivity (Wildman–Crippen MR) is 120 cm³/mol. The maximum Gasteiger partial charge on any atom is 0.306 e. The van der Waals surface area contributed by atoms with Crippen molar-refractivity contribution in [3.63, 3.8) is 0 Å². The average Bonchev–Trinajstić information content (AvgIpc) is 2.67. The van der Waals surface area contributed by atoms with Crippen molar-refractivity contribution in [2.45, 2.75) is 71.3 Å². The summed E-state index contributed by atoms with van der Waals surface area (Å²) in [7, 11) is 0.757. The summed E-state index contributed by atoms with van der Waals surface area (Å²) in [6.45, 7) is 8.92. The van der Waals surface area contributed by atoms with Crippen LogP contribution in [0, 0.1) is 5.92 Å². The molecule has 0 amide bonds. The molecule has 2 rings (SSSR count). The van der Waals surface area contributed by atoms with E-state index in [-0.39, 0.29) is 30.0 Å². The SMILES string of the molecule is CC[C@H](/C=C(/C)[C@@H]1CPCCC(C)(C)c2cccc(c2)CCCC(=O)O1)CO. The molecule has 1 aliphatic heterocycles. The van der Waals surface area contributed by atoms with Crippen molar-refractivity contribution in [1.29, 1.82) is 0 Å². The molecule has 0 fully saturated rings. The second-order valence-electron chi connectivity index (χ2n) is 8.63. The molecular weight excluding hydrogens is 367 g/mol. The zero-order chi connectivity index (χ0) is 20.6. The third-order valence-electron chi connectivity index (χ3n) is 5.85. The van der Waals surface area contributed by atoms with Crippen LogP contribution in [0.3, 0.4) is 0 Å². The third-order valence-corrected chi connectivity index (χ3v) is 7.11. The number of ether oxygens (including phenoxy) is 1. The van der Waals surface area contributed by atoms with Gasteiger partial charge in [0.1, 0.15) is 6.10 Å². The number of rotatable bonds is 4. The second-order valence-corrected chi connectivity index (χ2v) is 10.0. The van der Waals surface area contributed by atoms with Gasteiger partial charge in [-0.2, -0.15) is 0 Å². The Labute approximate surface area is 172 Å². The van der Waals surface area contributed by atoms with E-state index in [9.17, 15) is 9.90 Å². The molecule has 3 nitrogen and oxygen atoms in total. The van der Waals surface area contributed by atoms with E-state index in [2.05, 4.69) is 51.1 Å². The van der Waals surface area contributed by atoms with Crippen LogP contribution < -0.4 is 0 Å². The first-order valence-electron chi connectivity index (χ1n) is 10.6. The van der Waals surface area contributed by atoms with Gasteiger partial charge in [0.15, 0.2) is 0 Å². The third kappa shape index (κ3) is 7.01. The summed E-state index contributed by atoms with van der Waals surface area (Å²) in [6.07, 6.45) is 8.15. The molecule has 0 saturated carbocycles. The first-order chi connectivity index (χ1) is 13.4. The molecule has 1 N–H and O–H groups in total.